The summed E-state index contributed by atoms with van der Waals surface area (Å²) < 4.78 is 5.45. The van der Waals surface area contributed by atoms with Gasteiger partial charge in [-0.3, -0.25) is 4.79 Å². The normalized spacial score (nSPS) is 10.5. The van der Waals surface area contributed by atoms with Crippen LogP contribution in [0.15, 0.2) is 18.2 Å². The highest BCUT2D eigenvalue weighted by Gasteiger charge is 2.07. The van der Waals surface area contributed by atoms with Crippen LogP contribution >= 0.6 is 0 Å². The molecule has 0 saturated heterocycles. The number of hydrogen-bond donors (Lipinski definition) is 2. The van der Waals surface area contributed by atoms with Gasteiger partial charge in [0.15, 0.2) is 0 Å². The van der Waals surface area contributed by atoms with E-state index in [1.165, 1.54) is 6.07 Å². The number of carboxylic acid groups (broad SMARTS) is 1. The molecule has 0 aliphatic rings. The van der Waals surface area contributed by atoms with E-state index >= 15 is 0 Å². The van der Waals surface area contributed by atoms with Crippen LogP contribution in [0, 0.1) is 5.92 Å². The zero-order valence-corrected chi connectivity index (χ0v) is 10.1. The molecular formula is C13H18O4. The van der Waals surface area contributed by atoms with E-state index in [0.717, 1.165) is 6.42 Å². The van der Waals surface area contributed by atoms with Gasteiger partial charge in [-0.1, -0.05) is 19.9 Å². The fourth-order valence-electron chi connectivity index (χ4n) is 1.36. The van der Waals surface area contributed by atoms with Crippen molar-refractivity contribution in [3.05, 3.63) is 23.8 Å². The predicted octanol–water partition coefficient (Wildman–Crippen LogP) is 2.44. The highest BCUT2D eigenvalue weighted by atomic mass is 16.5. The Hall–Kier alpha value is -1.71. The second-order valence-corrected chi connectivity index (χ2v) is 4.39. The van der Waals surface area contributed by atoms with Crippen molar-refractivity contribution in [2.24, 2.45) is 5.92 Å². The lowest BCUT2D eigenvalue weighted by atomic mass is 10.1. The van der Waals surface area contributed by atoms with Gasteiger partial charge in [0.05, 0.1) is 13.0 Å². The van der Waals surface area contributed by atoms with Crippen LogP contribution in [-0.4, -0.2) is 22.8 Å². The number of carboxylic acids is 1. The summed E-state index contributed by atoms with van der Waals surface area (Å²) in [5, 5.41) is 18.2. The van der Waals surface area contributed by atoms with Crippen molar-refractivity contribution in [2.45, 2.75) is 26.7 Å². The standard InChI is InChI=1S/C13H18O4/c1-9(2)5-6-17-11-4-3-10(7-13(15)16)12(14)8-11/h3-4,8-9,14H,5-7H2,1-2H3,(H,15,16). The first kappa shape index (κ1) is 13.4. The Morgan fingerprint density at radius 2 is 2.12 bits per heavy atom. The lowest BCUT2D eigenvalue weighted by Gasteiger charge is -2.09. The molecule has 1 aromatic rings. The van der Waals surface area contributed by atoms with E-state index in [9.17, 15) is 9.90 Å². The Balaban J connectivity index is 2.59. The number of phenols is 1. The third kappa shape index (κ3) is 4.76. The summed E-state index contributed by atoms with van der Waals surface area (Å²) in [7, 11) is 0. The monoisotopic (exact) mass is 238 g/mol. The van der Waals surface area contributed by atoms with Gasteiger partial charge in [-0.15, -0.1) is 0 Å². The van der Waals surface area contributed by atoms with Crippen LogP contribution in [0.3, 0.4) is 0 Å². The third-order valence-corrected chi connectivity index (χ3v) is 2.36. The Kier molecular flexibility index (Phi) is 4.82. The Morgan fingerprint density at radius 3 is 2.65 bits per heavy atom. The van der Waals surface area contributed by atoms with Crippen molar-refractivity contribution in [1.82, 2.24) is 0 Å². The molecule has 94 valence electrons. The molecule has 0 aliphatic carbocycles. The van der Waals surface area contributed by atoms with Gasteiger partial charge in [0.25, 0.3) is 0 Å². The van der Waals surface area contributed by atoms with Crippen LogP contribution in [-0.2, 0) is 11.2 Å². The van der Waals surface area contributed by atoms with E-state index < -0.39 is 5.97 Å². The molecule has 0 radical (unpaired) electrons. The number of ether oxygens (including phenoxy) is 1. The fourth-order valence-corrected chi connectivity index (χ4v) is 1.36. The van der Waals surface area contributed by atoms with Crippen LogP contribution in [0.5, 0.6) is 11.5 Å². The average Bonchev–Trinajstić information content (AvgIpc) is 2.21. The minimum atomic E-state index is -0.964. The molecule has 2 N–H and O–H groups in total. The van der Waals surface area contributed by atoms with Gasteiger partial charge in [-0.05, 0) is 18.4 Å². The lowest BCUT2D eigenvalue weighted by molar-refractivity contribution is -0.136. The first-order valence-electron chi connectivity index (χ1n) is 5.65. The number of carbonyl (C=O) groups is 1. The molecular weight excluding hydrogens is 220 g/mol. The zero-order chi connectivity index (χ0) is 12.8. The summed E-state index contributed by atoms with van der Waals surface area (Å²) in [5.74, 6) is 0.135. The SMILES string of the molecule is CC(C)CCOc1ccc(CC(=O)O)c(O)c1. The topological polar surface area (TPSA) is 66.8 Å². The molecule has 1 rings (SSSR count). The minimum absolute atomic E-state index is 0.0329. The maximum absolute atomic E-state index is 10.5. The van der Waals surface area contributed by atoms with Gasteiger partial charge >= 0.3 is 5.97 Å². The molecule has 0 aromatic heterocycles. The fraction of sp³-hybridized carbons (Fsp3) is 0.462. The Morgan fingerprint density at radius 1 is 1.41 bits per heavy atom. The largest absolute Gasteiger partial charge is 0.508 e. The molecule has 0 bridgehead atoms. The summed E-state index contributed by atoms with van der Waals surface area (Å²) in [6.45, 7) is 4.81. The minimum Gasteiger partial charge on any atom is -0.508 e. The number of aliphatic carboxylic acids is 1. The molecule has 4 heteroatoms. The first-order chi connectivity index (χ1) is 7.99. The first-order valence-corrected chi connectivity index (χ1v) is 5.65. The molecule has 0 atom stereocenters. The summed E-state index contributed by atoms with van der Waals surface area (Å²) >= 11 is 0. The molecule has 4 nitrogen and oxygen atoms in total. The van der Waals surface area contributed by atoms with Crippen molar-refractivity contribution in [3.8, 4) is 11.5 Å². The molecule has 0 unspecified atom stereocenters. The summed E-state index contributed by atoms with van der Waals surface area (Å²) in [6.07, 6.45) is 0.760. The van der Waals surface area contributed by atoms with Crippen LogP contribution in [0.4, 0.5) is 0 Å². The average molecular weight is 238 g/mol. The van der Waals surface area contributed by atoms with Crippen molar-refractivity contribution < 1.29 is 19.7 Å². The van der Waals surface area contributed by atoms with E-state index in [1.54, 1.807) is 12.1 Å². The molecule has 0 fully saturated rings. The summed E-state index contributed by atoms with van der Waals surface area (Å²) in [6, 6.07) is 4.71. The second-order valence-electron chi connectivity index (χ2n) is 4.39. The Labute approximate surface area is 101 Å². The molecule has 0 aliphatic heterocycles. The van der Waals surface area contributed by atoms with Gasteiger partial charge in [-0.2, -0.15) is 0 Å². The maximum atomic E-state index is 10.5. The summed E-state index contributed by atoms with van der Waals surface area (Å²) in [4.78, 5) is 10.5. The number of rotatable bonds is 6. The number of aromatic hydroxyl groups is 1. The summed E-state index contributed by atoms with van der Waals surface area (Å²) in [5.41, 5.74) is 0.397. The second kappa shape index (κ2) is 6.13. The smallest absolute Gasteiger partial charge is 0.307 e. The van der Waals surface area contributed by atoms with E-state index in [2.05, 4.69) is 13.8 Å². The molecule has 0 heterocycles. The van der Waals surface area contributed by atoms with Gasteiger partial charge in [-0.25, -0.2) is 0 Å². The van der Waals surface area contributed by atoms with Crippen LogP contribution in [0.25, 0.3) is 0 Å². The quantitative estimate of drug-likeness (QED) is 0.798. The number of phenolic OH excluding ortho intramolecular Hbond substituents is 1. The Bertz CT molecular complexity index is 385. The molecule has 0 saturated carbocycles. The van der Waals surface area contributed by atoms with Gasteiger partial charge < -0.3 is 14.9 Å². The van der Waals surface area contributed by atoms with Crippen LogP contribution in [0.2, 0.25) is 0 Å². The van der Waals surface area contributed by atoms with Gasteiger partial charge in [0.1, 0.15) is 11.5 Å². The maximum Gasteiger partial charge on any atom is 0.307 e. The van der Waals surface area contributed by atoms with E-state index in [-0.39, 0.29) is 12.2 Å². The molecule has 0 amide bonds. The predicted molar refractivity (Wildman–Crippen MR) is 64.4 cm³/mol. The zero-order valence-electron chi connectivity index (χ0n) is 10.1. The third-order valence-electron chi connectivity index (χ3n) is 2.36. The van der Waals surface area contributed by atoms with Crippen molar-refractivity contribution in [3.63, 3.8) is 0 Å². The van der Waals surface area contributed by atoms with Gasteiger partial charge in [0, 0.05) is 11.6 Å². The van der Waals surface area contributed by atoms with Crippen LogP contribution < -0.4 is 4.74 Å². The highest BCUT2D eigenvalue weighted by molar-refractivity contribution is 5.71. The number of hydrogen-bond acceptors (Lipinski definition) is 3. The van der Waals surface area contributed by atoms with E-state index in [1.807, 2.05) is 0 Å². The van der Waals surface area contributed by atoms with Crippen molar-refractivity contribution in [1.29, 1.82) is 0 Å². The van der Waals surface area contributed by atoms with Gasteiger partial charge in [0.2, 0.25) is 0 Å². The highest BCUT2D eigenvalue weighted by Crippen LogP contribution is 2.24. The van der Waals surface area contributed by atoms with E-state index in [0.29, 0.717) is 23.8 Å². The van der Waals surface area contributed by atoms with E-state index in [4.69, 9.17) is 9.84 Å². The molecule has 1 aromatic carbocycles. The van der Waals surface area contributed by atoms with Crippen molar-refractivity contribution in [2.75, 3.05) is 6.61 Å². The molecule has 17 heavy (non-hydrogen) atoms. The van der Waals surface area contributed by atoms with Crippen molar-refractivity contribution >= 4 is 5.97 Å². The lowest BCUT2D eigenvalue weighted by Crippen LogP contribution is -2.03. The molecule has 0 spiro atoms. The number of benzene rings is 1. The van der Waals surface area contributed by atoms with Crippen LogP contribution in [0.1, 0.15) is 25.8 Å².